The van der Waals surface area contributed by atoms with Gasteiger partial charge in [-0.2, -0.15) is 0 Å². The zero-order valence-corrected chi connectivity index (χ0v) is 11.5. The largest absolute Gasteiger partial charge is 0.330 e. The Bertz CT molecular complexity index is 336. The Morgan fingerprint density at radius 3 is 2.60 bits per heavy atom. The van der Waals surface area contributed by atoms with E-state index in [0.717, 1.165) is 28.9 Å². The quantitative estimate of drug-likeness (QED) is 0.890. The van der Waals surface area contributed by atoms with E-state index in [4.69, 9.17) is 17.3 Å². The van der Waals surface area contributed by atoms with Gasteiger partial charge in [-0.3, -0.25) is 0 Å². The maximum atomic E-state index is 6.17. The van der Waals surface area contributed by atoms with Crippen molar-refractivity contribution in [2.45, 2.75) is 26.7 Å². The van der Waals surface area contributed by atoms with E-state index < -0.39 is 0 Å². The van der Waals surface area contributed by atoms with Crippen LogP contribution in [0.25, 0.3) is 0 Å². The first-order valence-electron chi connectivity index (χ1n) is 5.08. The van der Waals surface area contributed by atoms with Crippen molar-refractivity contribution in [1.29, 1.82) is 0 Å². The molecule has 0 amide bonds. The first kappa shape index (κ1) is 13.0. The van der Waals surface area contributed by atoms with Crippen molar-refractivity contribution in [3.63, 3.8) is 0 Å². The second kappa shape index (κ2) is 5.33. The highest BCUT2D eigenvalue weighted by atomic mass is 79.9. The van der Waals surface area contributed by atoms with E-state index in [9.17, 15) is 0 Å². The first-order valence-corrected chi connectivity index (χ1v) is 6.26. The van der Waals surface area contributed by atoms with Crippen LogP contribution < -0.4 is 5.73 Å². The van der Waals surface area contributed by atoms with Crippen LogP contribution in [0.4, 0.5) is 0 Å². The Morgan fingerprint density at radius 1 is 1.40 bits per heavy atom. The summed E-state index contributed by atoms with van der Waals surface area (Å²) in [5.41, 5.74) is 7.00. The van der Waals surface area contributed by atoms with E-state index in [1.807, 2.05) is 12.1 Å². The number of hydrogen-bond acceptors (Lipinski definition) is 1. The Hall–Kier alpha value is -0.0500. The fraction of sp³-hybridized carbons (Fsp3) is 0.500. The van der Waals surface area contributed by atoms with E-state index >= 15 is 0 Å². The predicted octanol–water partition coefficient (Wildman–Crippen LogP) is 4.02. The Kier molecular flexibility index (Phi) is 4.63. The van der Waals surface area contributed by atoms with Gasteiger partial charge in [-0.15, -0.1) is 0 Å². The van der Waals surface area contributed by atoms with E-state index in [-0.39, 0.29) is 5.41 Å². The van der Waals surface area contributed by atoms with Gasteiger partial charge >= 0.3 is 0 Å². The molecule has 0 aliphatic heterocycles. The van der Waals surface area contributed by atoms with Crippen LogP contribution in [0, 0.1) is 5.41 Å². The number of hydrogen-bond donors (Lipinski definition) is 1. The minimum Gasteiger partial charge on any atom is -0.330 e. The third-order valence-electron chi connectivity index (χ3n) is 2.51. The molecule has 0 aliphatic rings. The predicted molar refractivity (Wildman–Crippen MR) is 70.3 cm³/mol. The van der Waals surface area contributed by atoms with Gasteiger partial charge in [-0.05, 0) is 42.5 Å². The van der Waals surface area contributed by atoms with Crippen molar-refractivity contribution in [2.24, 2.45) is 11.1 Å². The molecule has 1 aromatic carbocycles. The molecule has 1 rings (SSSR count). The second-order valence-corrected chi connectivity index (χ2v) is 5.94. The van der Waals surface area contributed by atoms with Crippen LogP contribution in [0.15, 0.2) is 22.7 Å². The molecule has 0 spiro atoms. The summed E-state index contributed by atoms with van der Waals surface area (Å²) in [4.78, 5) is 0. The van der Waals surface area contributed by atoms with Gasteiger partial charge in [0, 0.05) is 9.50 Å². The lowest BCUT2D eigenvalue weighted by Gasteiger charge is -2.24. The van der Waals surface area contributed by atoms with Crippen molar-refractivity contribution in [3.05, 3.63) is 33.3 Å². The molecule has 0 aliphatic carbocycles. The summed E-state index contributed by atoms with van der Waals surface area (Å²) in [5.74, 6) is 0. The SMILES string of the molecule is CC(C)(CCN)Cc1ccc(Br)cc1Cl. The molecule has 1 aromatic rings. The monoisotopic (exact) mass is 289 g/mol. The van der Waals surface area contributed by atoms with Crippen LogP contribution in [0.2, 0.25) is 5.02 Å². The van der Waals surface area contributed by atoms with Crippen LogP contribution in [-0.2, 0) is 6.42 Å². The van der Waals surface area contributed by atoms with Crippen LogP contribution in [0.5, 0.6) is 0 Å². The average Bonchev–Trinajstić information content (AvgIpc) is 2.09. The van der Waals surface area contributed by atoms with Gasteiger partial charge in [0.25, 0.3) is 0 Å². The third-order valence-corrected chi connectivity index (χ3v) is 3.35. The first-order chi connectivity index (χ1) is 6.94. The van der Waals surface area contributed by atoms with Crippen LogP contribution in [0.3, 0.4) is 0 Å². The normalized spacial score (nSPS) is 11.8. The van der Waals surface area contributed by atoms with Gasteiger partial charge in [0.15, 0.2) is 0 Å². The van der Waals surface area contributed by atoms with Crippen LogP contribution >= 0.6 is 27.5 Å². The summed E-state index contributed by atoms with van der Waals surface area (Å²) >= 11 is 9.58. The number of benzene rings is 1. The van der Waals surface area contributed by atoms with Crippen molar-refractivity contribution >= 4 is 27.5 Å². The molecule has 0 aromatic heterocycles. The number of nitrogens with two attached hydrogens (primary N) is 1. The van der Waals surface area contributed by atoms with E-state index in [1.54, 1.807) is 0 Å². The number of rotatable bonds is 4. The molecule has 15 heavy (non-hydrogen) atoms. The van der Waals surface area contributed by atoms with Crippen LogP contribution in [0.1, 0.15) is 25.8 Å². The molecule has 0 unspecified atom stereocenters. The fourth-order valence-corrected chi connectivity index (χ4v) is 2.40. The summed E-state index contributed by atoms with van der Waals surface area (Å²) in [6.07, 6.45) is 1.98. The molecule has 84 valence electrons. The Labute approximate surface area is 105 Å². The van der Waals surface area contributed by atoms with Gasteiger partial charge in [0.05, 0.1) is 0 Å². The molecule has 0 atom stereocenters. The highest BCUT2D eigenvalue weighted by Gasteiger charge is 2.18. The van der Waals surface area contributed by atoms with E-state index in [0.29, 0.717) is 0 Å². The molecule has 0 radical (unpaired) electrons. The minimum atomic E-state index is 0.215. The standard InChI is InChI=1S/C12H17BrClN/c1-12(2,5-6-15)8-9-3-4-10(13)7-11(9)14/h3-4,7H,5-6,8,15H2,1-2H3. The molecule has 0 saturated heterocycles. The van der Waals surface area contributed by atoms with Crippen molar-refractivity contribution in [2.75, 3.05) is 6.54 Å². The molecule has 0 saturated carbocycles. The summed E-state index contributed by atoms with van der Waals surface area (Å²) in [7, 11) is 0. The fourth-order valence-electron chi connectivity index (χ4n) is 1.66. The molecule has 2 N–H and O–H groups in total. The highest BCUT2D eigenvalue weighted by molar-refractivity contribution is 9.10. The molecular weight excluding hydrogens is 273 g/mol. The van der Waals surface area contributed by atoms with Gasteiger partial charge < -0.3 is 5.73 Å². The van der Waals surface area contributed by atoms with E-state index in [2.05, 4.69) is 35.8 Å². The smallest absolute Gasteiger partial charge is 0.0449 e. The van der Waals surface area contributed by atoms with Gasteiger partial charge in [-0.25, -0.2) is 0 Å². The highest BCUT2D eigenvalue weighted by Crippen LogP contribution is 2.30. The van der Waals surface area contributed by atoms with Crippen molar-refractivity contribution in [3.8, 4) is 0 Å². The summed E-state index contributed by atoms with van der Waals surface area (Å²) in [6, 6.07) is 6.04. The molecule has 1 nitrogen and oxygen atoms in total. The van der Waals surface area contributed by atoms with E-state index in [1.165, 1.54) is 5.56 Å². The van der Waals surface area contributed by atoms with Crippen molar-refractivity contribution < 1.29 is 0 Å². The summed E-state index contributed by atoms with van der Waals surface area (Å²) < 4.78 is 1.02. The average molecular weight is 291 g/mol. The zero-order valence-electron chi connectivity index (χ0n) is 9.19. The number of halogens is 2. The maximum Gasteiger partial charge on any atom is 0.0449 e. The summed E-state index contributed by atoms with van der Waals surface area (Å²) in [6.45, 7) is 5.16. The molecule has 0 bridgehead atoms. The molecular formula is C12H17BrClN. The molecule has 3 heteroatoms. The van der Waals surface area contributed by atoms with Crippen molar-refractivity contribution in [1.82, 2.24) is 0 Å². The zero-order chi connectivity index (χ0) is 11.5. The van der Waals surface area contributed by atoms with Crippen LogP contribution in [-0.4, -0.2) is 6.54 Å². The second-order valence-electron chi connectivity index (χ2n) is 4.62. The minimum absolute atomic E-state index is 0.215. The molecule has 0 heterocycles. The lowest BCUT2D eigenvalue weighted by molar-refractivity contribution is 0.339. The maximum absolute atomic E-state index is 6.17. The van der Waals surface area contributed by atoms with Gasteiger partial charge in [0.1, 0.15) is 0 Å². The molecule has 0 fully saturated rings. The lowest BCUT2D eigenvalue weighted by Crippen LogP contribution is -2.19. The van der Waals surface area contributed by atoms with Gasteiger partial charge in [0.2, 0.25) is 0 Å². The Morgan fingerprint density at radius 2 is 2.07 bits per heavy atom. The summed E-state index contributed by atoms with van der Waals surface area (Å²) in [5, 5.41) is 0.828. The topological polar surface area (TPSA) is 26.0 Å². The van der Waals surface area contributed by atoms with Gasteiger partial charge in [-0.1, -0.05) is 47.4 Å². The Balaban J connectivity index is 2.80. The third kappa shape index (κ3) is 4.13. The lowest BCUT2D eigenvalue weighted by atomic mass is 9.83.